The molecule has 8 heteroatoms. The second kappa shape index (κ2) is 9.96. The fourth-order valence-electron chi connectivity index (χ4n) is 3.09. The molecule has 0 aromatic heterocycles. The number of Topliss-reactive ketones (excluding diaryl/α,β-unsaturated/α-hetero) is 1. The van der Waals surface area contributed by atoms with E-state index in [1.165, 1.54) is 35.5 Å². The van der Waals surface area contributed by atoms with Gasteiger partial charge in [-0.1, -0.05) is 19.1 Å². The number of hydrogen-bond donors (Lipinski definition) is 2. The minimum Gasteiger partial charge on any atom is -0.355 e. The molecular weight excluding hydrogens is 366 g/mol. The number of hydrogen-bond acceptors (Lipinski definition) is 5. The number of amides is 1. The van der Waals surface area contributed by atoms with Crippen LogP contribution < -0.4 is 10.6 Å². The van der Waals surface area contributed by atoms with Gasteiger partial charge in [0.25, 0.3) is 0 Å². The van der Waals surface area contributed by atoms with E-state index in [1.54, 1.807) is 0 Å². The first-order valence-corrected chi connectivity index (χ1v) is 10.9. The number of ketones is 1. The Labute approximate surface area is 161 Å². The highest BCUT2D eigenvalue weighted by atomic mass is 32.2. The predicted molar refractivity (Wildman–Crippen MR) is 104 cm³/mol. The summed E-state index contributed by atoms with van der Waals surface area (Å²) in [5.41, 5.74) is 0.484. The van der Waals surface area contributed by atoms with Crippen LogP contribution in [0.25, 0.3) is 0 Å². The summed E-state index contributed by atoms with van der Waals surface area (Å²) in [6.45, 7) is 6.43. The third-order valence-electron chi connectivity index (χ3n) is 4.75. The summed E-state index contributed by atoms with van der Waals surface area (Å²) in [5, 5.41) is 6.14. The normalized spacial score (nSPS) is 16.2. The molecule has 1 saturated heterocycles. The minimum absolute atomic E-state index is 0.00356. The smallest absolute Gasteiger partial charge is 0.243 e. The van der Waals surface area contributed by atoms with Gasteiger partial charge >= 0.3 is 0 Å². The van der Waals surface area contributed by atoms with Gasteiger partial charge in [0.1, 0.15) is 0 Å². The Morgan fingerprint density at radius 2 is 1.70 bits per heavy atom. The SMILES string of the molecule is CCCNCCNC(=O)C1CCN(S(=O)(=O)c2ccc(C(C)=O)cc2)CC1. The number of sulfonamides is 1. The summed E-state index contributed by atoms with van der Waals surface area (Å²) in [5.74, 6) is -0.255. The summed E-state index contributed by atoms with van der Waals surface area (Å²) in [7, 11) is -3.60. The molecule has 0 saturated carbocycles. The molecule has 0 unspecified atom stereocenters. The molecule has 1 aliphatic heterocycles. The minimum atomic E-state index is -3.60. The van der Waals surface area contributed by atoms with Gasteiger partial charge in [0.05, 0.1) is 4.90 Å². The molecule has 1 aromatic carbocycles. The third kappa shape index (κ3) is 5.85. The van der Waals surface area contributed by atoms with Crippen LogP contribution in [-0.4, -0.2) is 57.1 Å². The second-order valence-corrected chi connectivity index (χ2v) is 8.74. The average Bonchev–Trinajstić information content (AvgIpc) is 2.67. The fourth-order valence-corrected chi connectivity index (χ4v) is 4.56. The topological polar surface area (TPSA) is 95.6 Å². The predicted octanol–water partition coefficient (Wildman–Crippen LogP) is 1.41. The molecule has 1 aromatic rings. The van der Waals surface area contributed by atoms with Crippen LogP contribution >= 0.6 is 0 Å². The molecule has 0 aliphatic carbocycles. The largest absolute Gasteiger partial charge is 0.355 e. The number of nitrogens with one attached hydrogen (secondary N) is 2. The first-order valence-electron chi connectivity index (χ1n) is 9.46. The van der Waals surface area contributed by atoms with Gasteiger partial charge in [0, 0.05) is 37.7 Å². The van der Waals surface area contributed by atoms with E-state index in [9.17, 15) is 18.0 Å². The van der Waals surface area contributed by atoms with Crippen molar-refractivity contribution in [1.82, 2.24) is 14.9 Å². The van der Waals surface area contributed by atoms with Crippen LogP contribution in [0.3, 0.4) is 0 Å². The Morgan fingerprint density at radius 1 is 1.07 bits per heavy atom. The lowest BCUT2D eigenvalue weighted by atomic mass is 9.97. The zero-order chi connectivity index (χ0) is 19.9. The zero-order valence-corrected chi connectivity index (χ0v) is 16.8. The summed E-state index contributed by atoms with van der Waals surface area (Å²) in [4.78, 5) is 23.7. The van der Waals surface area contributed by atoms with Crippen molar-refractivity contribution in [3.8, 4) is 0 Å². The lowest BCUT2D eigenvalue weighted by Crippen LogP contribution is -2.44. The lowest BCUT2D eigenvalue weighted by Gasteiger charge is -2.30. The number of nitrogens with zero attached hydrogens (tertiary/aromatic N) is 1. The lowest BCUT2D eigenvalue weighted by molar-refractivity contribution is -0.126. The van der Waals surface area contributed by atoms with Gasteiger partial charge in [-0.25, -0.2) is 8.42 Å². The molecule has 1 fully saturated rings. The summed E-state index contributed by atoms with van der Waals surface area (Å²) in [6.07, 6.45) is 2.08. The van der Waals surface area contributed by atoms with Crippen LogP contribution in [0.15, 0.2) is 29.2 Å². The van der Waals surface area contributed by atoms with Gasteiger partial charge in [0.2, 0.25) is 15.9 Å². The van der Waals surface area contributed by atoms with Gasteiger partial charge in [-0.3, -0.25) is 9.59 Å². The Bertz CT molecular complexity index is 739. The Hall–Kier alpha value is -1.77. The summed E-state index contributed by atoms with van der Waals surface area (Å²) < 4.78 is 26.9. The molecule has 0 bridgehead atoms. The Morgan fingerprint density at radius 3 is 2.26 bits per heavy atom. The van der Waals surface area contributed by atoms with Crippen molar-refractivity contribution in [3.05, 3.63) is 29.8 Å². The first-order chi connectivity index (χ1) is 12.9. The van der Waals surface area contributed by atoms with E-state index in [0.717, 1.165) is 19.5 Å². The van der Waals surface area contributed by atoms with Gasteiger partial charge < -0.3 is 10.6 Å². The maximum Gasteiger partial charge on any atom is 0.243 e. The van der Waals surface area contributed by atoms with Crippen molar-refractivity contribution < 1.29 is 18.0 Å². The molecule has 0 radical (unpaired) electrons. The summed E-state index contributed by atoms with van der Waals surface area (Å²) in [6, 6.07) is 5.99. The second-order valence-electron chi connectivity index (χ2n) is 6.80. The fraction of sp³-hybridized carbons (Fsp3) is 0.579. The molecule has 0 spiro atoms. The maximum absolute atomic E-state index is 12.7. The molecular formula is C19H29N3O4S. The van der Waals surface area contributed by atoms with Crippen LogP contribution in [0, 0.1) is 5.92 Å². The van der Waals surface area contributed by atoms with Crippen LogP contribution in [0.5, 0.6) is 0 Å². The molecule has 1 heterocycles. The quantitative estimate of drug-likeness (QED) is 0.487. The van der Waals surface area contributed by atoms with E-state index in [4.69, 9.17) is 0 Å². The van der Waals surface area contributed by atoms with E-state index in [-0.39, 0.29) is 22.5 Å². The number of carbonyl (C=O) groups excluding carboxylic acids is 2. The van der Waals surface area contributed by atoms with Gasteiger partial charge in [-0.05, 0) is 44.9 Å². The number of carbonyl (C=O) groups is 2. The van der Waals surface area contributed by atoms with E-state index in [2.05, 4.69) is 17.6 Å². The van der Waals surface area contributed by atoms with E-state index in [1.807, 2.05) is 0 Å². The highest BCUT2D eigenvalue weighted by Crippen LogP contribution is 2.24. The van der Waals surface area contributed by atoms with Crippen molar-refractivity contribution in [3.63, 3.8) is 0 Å². The number of rotatable bonds is 9. The van der Waals surface area contributed by atoms with Crippen LogP contribution in [0.4, 0.5) is 0 Å². The standard InChI is InChI=1S/C19H29N3O4S/c1-3-10-20-11-12-21-19(24)17-8-13-22(14-9-17)27(25,26)18-6-4-16(5-7-18)15(2)23/h4-7,17,20H,3,8-14H2,1-2H3,(H,21,24). The Kier molecular flexibility index (Phi) is 7.94. The molecule has 2 N–H and O–H groups in total. The van der Waals surface area contributed by atoms with E-state index in [0.29, 0.717) is 38.0 Å². The van der Waals surface area contributed by atoms with Crippen molar-refractivity contribution in [2.24, 2.45) is 5.92 Å². The zero-order valence-electron chi connectivity index (χ0n) is 16.0. The number of piperidine rings is 1. The molecule has 1 aliphatic rings. The molecule has 27 heavy (non-hydrogen) atoms. The van der Waals surface area contributed by atoms with Crippen molar-refractivity contribution in [2.75, 3.05) is 32.7 Å². The molecule has 0 atom stereocenters. The molecule has 1 amide bonds. The van der Waals surface area contributed by atoms with Crippen molar-refractivity contribution in [1.29, 1.82) is 0 Å². The van der Waals surface area contributed by atoms with E-state index < -0.39 is 10.0 Å². The monoisotopic (exact) mass is 395 g/mol. The summed E-state index contributed by atoms with van der Waals surface area (Å²) >= 11 is 0. The van der Waals surface area contributed by atoms with Crippen molar-refractivity contribution >= 4 is 21.7 Å². The number of benzene rings is 1. The molecule has 150 valence electrons. The van der Waals surface area contributed by atoms with Crippen LogP contribution in [0.1, 0.15) is 43.5 Å². The highest BCUT2D eigenvalue weighted by Gasteiger charge is 2.31. The highest BCUT2D eigenvalue weighted by molar-refractivity contribution is 7.89. The van der Waals surface area contributed by atoms with E-state index >= 15 is 0 Å². The molecule has 2 rings (SSSR count). The van der Waals surface area contributed by atoms with Crippen molar-refractivity contribution in [2.45, 2.75) is 38.0 Å². The first kappa shape index (κ1) is 21.5. The van der Waals surface area contributed by atoms with Crippen LogP contribution in [-0.2, 0) is 14.8 Å². The average molecular weight is 396 g/mol. The van der Waals surface area contributed by atoms with Gasteiger partial charge in [-0.2, -0.15) is 4.31 Å². The maximum atomic E-state index is 12.7. The van der Waals surface area contributed by atoms with Gasteiger partial charge in [-0.15, -0.1) is 0 Å². The van der Waals surface area contributed by atoms with Crippen LogP contribution in [0.2, 0.25) is 0 Å². The third-order valence-corrected chi connectivity index (χ3v) is 6.66. The molecule has 7 nitrogen and oxygen atoms in total. The van der Waals surface area contributed by atoms with Gasteiger partial charge in [0.15, 0.2) is 5.78 Å². The Balaban J connectivity index is 1.86.